The lowest BCUT2D eigenvalue weighted by atomic mass is 10.0. The molecule has 1 unspecified atom stereocenters. The second kappa shape index (κ2) is 7.30. The molecule has 2 rings (SSSR count). The lowest BCUT2D eigenvalue weighted by Crippen LogP contribution is -2.24. The van der Waals surface area contributed by atoms with E-state index in [0.717, 1.165) is 36.5 Å². The third-order valence-electron chi connectivity index (χ3n) is 3.50. The van der Waals surface area contributed by atoms with Gasteiger partial charge >= 0.3 is 0 Å². The summed E-state index contributed by atoms with van der Waals surface area (Å²) in [5.74, 6) is 0. The van der Waals surface area contributed by atoms with Crippen LogP contribution in [0.4, 0.5) is 0 Å². The van der Waals surface area contributed by atoms with E-state index in [0.29, 0.717) is 10.0 Å². The van der Waals surface area contributed by atoms with Crippen molar-refractivity contribution < 1.29 is 0 Å². The second-order valence-corrected chi connectivity index (χ2v) is 5.71. The summed E-state index contributed by atoms with van der Waals surface area (Å²) in [5.41, 5.74) is 3.37. The highest BCUT2D eigenvalue weighted by molar-refractivity contribution is 6.42. The highest BCUT2D eigenvalue weighted by Crippen LogP contribution is 2.29. The molecule has 2 aromatic rings. The fourth-order valence-electron chi connectivity index (χ4n) is 2.43. The first-order valence-corrected chi connectivity index (χ1v) is 8.11. The molecule has 1 N–H and O–H groups in total. The van der Waals surface area contributed by atoms with Crippen molar-refractivity contribution in [3.05, 3.63) is 51.3 Å². The Morgan fingerprint density at radius 3 is 2.48 bits per heavy atom. The first-order chi connectivity index (χ1) is 10.1. The van der Waals surface area contributed by atoms with Gasteiger partial charge in [-0.15, -0.1) is 0 Å². The number of rotatable bonds is 6. The molecular formula is C16H21Cl2N3. The minimum atomic E-state index is 0.0671. The van der Waals surface area contributed by atoms with E-state index < -0.39 is 0 Å². The number of aryl methyl sites for hydroxylation is 2. The summed E-state index contributed by atoms with van der Waals surface area (Å²) < 4.78 is 2.05. The summed E-state index contributed by atoms with van der Waals surface area (Å²) in [6.45, 7) is 8.03. The molecule has 0 aliphatic heterocycles. The second-order valence-electron chi connectivity index (χ2n) is 4.89. The van der Waals surface area contributed by atoms with Crippen LogP contribution in [0, 0.1) is 0 Å². The van der Waals surface area contributed by atoms with Crippen molar-refractivity contribution in [2.75, 3.05) is 6.54 Å². The Labute approximate surface area is 136 Å². The SMILES string of the molecule is CCNC(c1ccc(Cl)c(Cl)c1)c1cc(CC)nn1CC. The van der Waals surface area contributed by atoms with Crippen molar-refractivity contribution in [3.8, 4) is 0 Å². The van der Waals surface area contributed by atoms with E-state index in [1.807, 2.05) is 18.2 Å². The van der Waals surface area contributed by atoms with E-state index in [9.17, 15) is 0 Å². The molecule has 0 saturated carbocycles. The van der Waals surface area contributed by atoms with Gasteiger partial charge in [0.2, 0.25) is 0 Å². The number of hydrogen-bond donors (Lipinski definition) is 1. The van der Waals surface area contributed by atoms with Gasteiger partial charge in [-0.3, -0.25) is 4.68 Å². The zero-order valence-electron chi connectivity index (χ0n) is 12.7. The fourth-order valence-corrected chi connectivity index (χ4v) is 2.74. The van der Waals surface area contributed by atoms with Crippen LogP contribution in [0.2, 0.25) is 10.0 Å². The van der Waals surface area contributed by atoms with Crippen LogP contribution in [0.3, 0.4) is 0 Å². The van der Waals surface area contributed by atoms with Crippen LogP contribution in [0.15, 0.2) is 24.3 Å². The normalized spacial score (nSPS) is 12.6. The van der Waals surface area contributed by atoms with Crippen molar-refractivity contribution in [2.24, 2.45) is 0 Å². The van der Waals surface area contributed by atoms with E-state index in [-0.39, 0.29) is 6.04 Å². The van der Waals surface area contributed by atoms with E-state index in [1.54, 1.807) is 0 Å². The van der Waals surface area contributed by atoms with Crippen molar-refractivity contribution in [3.63, 3.8) is 0 Å². The van der Waals surface area contributed by atoms with Gasteiger partial charge in [0.05, 0.1) is 27.5 Å². The zero-order valence-corrected chi connectivity index (χ0v) is 14.2. The lowest BCUT2D eigenvalue weighted by molar-refractivity contribution is 0.540. The Bertz CT molecular complexity index is 608. The molecule has 0 saturated heterocycles. The first-order valence-electron chi connectivity index (χ1n) is 7.35. The van der Waals surface area contributed by atoms with Gasteiger partial charge in [-0.1, -0.05) is 43.1 Å². The van der Waals surface area contributed by atoms with Crippen molar-refractivity contribution in [1.82, 2.24) is 15.1 Å². The van der Waals surface area contributed by atoms with E-state index in [4.69, 9.17) is 23.2 Å². The summed E-state index contributed by atoms with van der Waals surface area (Å²) in [5, 5.41) is 9.30. The van der Waals surface area contributed by atoms with E-state index in [1.165, 1.54) is 0 Å². The third kappa shape index (κ3) is 3.60. The Hall–Kier alpha value is -1.03. The molecule has 0 spiro atoms. The van der Waals surface area contributed by atoms with Gasteiger partial charge in [0.15, 0.2) is 0 Å². The van der Waals surface area contributed by atoms with E-state index in [2.05, 4.69) is 41.9 Å². The molecule has 114 valence electrons. The molecule has 5 heteroatoms. The predicted molar refractivity (Wildman–Crippen MR) is 89.3 cm³/mol. The van der Waals surface area contributed by atoms with Crippen molar-refractivity contribution in [1.29, 1.82) is 0 Å². The Morgan fingerprint density at radius 2 is 1.90 bits per heavy atom. The number of nitrogens with zero attached hydrogens (tertiary/aromatic N) is 2. The van der Waals surface area contributed by atoms with E-state index >= 15 is 0 Å². The van der Waals surface area contributed by atoms with Crippen LogP contribution in [0.5, 0.6) is 0 Å². The molecule has 0 bridgehead atoms. The Kier molecular flexibility index (Phi) is 5.68. The van der Waals surface area contributed by atoms with Crippen LogP contribution in [0.25, 0.3) is 0 Å². The first kappa shape index (κ1) is 16.3. The molecule has 21 heavy (non-hydrogen) atoms. The molecule has 1 aromatic heterocycles. The molecule has 0 aliphatic rings. The molecule has 1 atom stereocenters. The third-order valence-corrected chi connectivity index (χ3v) is 4.24. The van der Waals surface area contributed by atoms with Gasteiger partial charge in [0.1, 0.15) is 0 Å². The minimum absolute atomic E-state index is 0.0671. The van der Waals surface area contributed by atoms with Gasteiger partial charge in [-0.25, -0.2) is 0 Å². The largest absolute Gasteiger partial charge is 0.305 e. The Morgan fingerprint density at radius 1 is 1.14 bits per heavy atom. The number of benzene rings is 1. The average Bonchev–Trinajstić information content (AvgIpc) is 2.91. The van der Waals surface area contributed by atoms with Crippen LogP contribution in [-0.2, 0) is 13.0 Å². The zero-order chi connectivity index (χ0) is 15.4. The standard InChI is InChI=1S/C16H21Cl2N3/c1-4-12-10-15(21(6-3)20-12)16(19-5-2)11-7-8-13(17)14(18)9-11/h7-10,16,19H,4-6H2,1-3H3. The van der Waals surface area contributed by atoms with Crippen LogP contribution >= 0.6 is 23.2 Å². The monoisotopic (exact) mass is 325 g/mol. The van der Waals surface area contributed by atoms with Gasteiger partial charge in [-0.2, -0.15) is 5.10 Å². The van der Waals surface area contributed by atoms with Gasteiger partial charge in [-0.05, 0) is 43.7 Å². The topological polar surface area (TPSA) is 29.9 Å². The number of aromatic nitrogens is 2. The van der Waals surface area contributed by atoms with Gasteiger partial charge in [0, 0.05) is 6.54 Å². The summed E-state index contributed by atoms with van der Waals surface area (Å²) in [7, 11) is 0. The number of hydrogen-bond acceptors (Lipinski definition) is 2. The number of nitrogens with one attached hydrogen (secondary N) is 1. The number of halogens is 2. The maximum Gasteiger partial charge on any atom is 0.0748 e. The smallest absolute Gasteiger partial charge is 0.0748 e. The predicted octanol–water partition coefficient (Wildman–Crippen LogP) is 4.47. The van der Waals surface area contributed by atoms with Gasteiger partial charge in [0.25, 0.3) is 0 Å². The maximum absolute atomic E-state index is 6.17. The summed E-state index contributed by atoms with van der Waals surface area (Å²) in [6, 6.07) is 8.02. The average molecular weight is 326 g/mol. The van der Waals surface area contributed by atoms with Crippen LogP contribution < -0.4 is 5.32 Å². The summed E-state index contributed by atoms with van der Waals surface area (Å²) in [6.07, 6.45) is 0.931. The molecule has 0 fully saturated rings. The quantitative estimate of drug-likeness (QED) is 0.849. The molecule has 3 nitrogen and oxygen atoms in total. The minimum Gasteiger partial charge on any atom is -0.305 e. The maximum atomic E-state index is 6.17. The highest BCUT2D eigenvalue weighted by atomic mass is 35.5. The van der Waals surface area contributed by atoms with Crippen LogP contribution in [0.1, 0.15) is 43.8 Å². The van der Waals surface area contributed by atoms with Crippen molar-refractivity contribution >= 4 is 23.2 Å². The fraction of sp³-hybridized carbons (Fsp3) is 0.438. The van der Waals surface area contributed by atoms with Crippen LogP contribution in [-0.4, -0.2) is 16.3 Å². The lowest BCUT2D eigenvalue weighted by Gasteiger charge is -2.20. The molecule has 0 amide bonds. The molecule has 1 aromatic carbocycles. The van der Waals surface area contributed by atoms with Gasteiger partial charge < -0.3 is 5.32 Å². The molecule has 0 aliphatic carbocycles. The Balaban J connectivity index is 2.47. The van der Waals surface area contributed by atoms with Crippen molar-refractivity contribution in [2.45, 2.75) is 39.8 Å². The summed E-state index contributed by atoms with van der Waals surface area (Å²) in [4.78, 5) is 0. The highest BCUT2D eigenvalue weighted by Gasteiger charge is 2.19. The summed E-state index contributed by atoms with van der Waals surface area (Å²) >= 11 is 12.2. The molecular weight excluding hydrogens is 305 g/mol. The molecule has 1 heterocycles. The molecule has 0 radical (unpaired) electrons.